The van der Waals surface area contributed by atoms with Crippen molar-refractivity contribution in [2.24, 2.45) is 0 Å². The van der Waals surface area contributed by atoms with Crippen LogP contribution in [-0.2, 0) is 16.0 Å². The minimum atomic E-state index is -0.719. The summed E-state index contributed by atoms with van der Waals surface area (Å²) in [6.45, 7) is 4.88. The highest BCUT2D eigenvalue weighted by Gasteiger charge is 2.38. The molecule has 0 aliphatic carbocycles. The molecule has 134 valence electrons. The molecule has 4 heteroatoms. The van der Waals surface area contributed by atoms with Crippen LogP contribution in [0.1, 0.15) is 51.5 Å². The normalized spacial score (nSPS) is 22.1. The number of hydrogen-bond acceptors (Lipinski definition) is 3. The van der Waals surface area contributed by atoms with E-state index in [-0.39, 0.29) is 11.9 Å². The third-order valence-electron chi connectivity index (χ3n) is 5.33. The van der Waals surface area contributed by atoms with Crippen molar-refractivity contribution >= 4 is 11.9 Å². The van der Waals surface area contributed by atoms with Crippen molar-refractivity contribution in [1.82, 2.24) is 4.90 Å². The van der Waals surface area contributed by atoms with Gasteiger partial charge in [0.05, 0.1) is 11.6 Å². The van der Waals surface area contributed by atoms with Crippen LogP contribution in [0.3, 0.4) is 0 Å². The molecule has 0 spiro atoms. The second-order valence-electron chi connectivity index (χ2n) is 7.37. The van der Waals surface area contributed by atoms with Crippen molar-refractivity contribution in [3.05, 3.63) is 70.3 Å². The van der Waals surface area contributed by atoms with Crippen molar-refractivity contribution < 1.29 is 14.3 Å². The van der Waals surface area contributed by atoms with Crippen LogP contribution in [0, 0.1) is 13.8 Å². The maximum Gasteiger partial charge on any atom is 0.339 e. The molecule has 4 rings (SSSR count). The van der Waals surface area contributed by atoms with Gasteiger partial charge in [-0.2, -0.15) is 0 Å². The van der Waals surface area contributed by atoms with E-state index < -0.39 is 12.1 Å². The first-order valence-corrected chi connectivity index (χ1v) is 9.20. The molecule has 2 aromatic rings. The van der Waals surface area contributed by atoms with Gasteiger partial charge in [0.2, 0.25) is 0 Å². The predicted molar refractivity (Wildman–Crippen MR) is 99.0 cm³/mol. The van der Waals surface area contributed by atoms with E-state index >= 15 is 0 Å². The second-order valence-corrected chi connectivity index (χ2v) is 7.37. The van der Waals surface area contributed by atoms with Crippen LogP contribution in [0.2, 0.25) is 0 Å². The monoisotopic (exact) mass is 349 g/mol. The zero-order valence-corrected chi connectivity index (χ0v) is 15.2. The van der Waals surface area contributed by atoms with Crippen LogP contribution >= 0.6 is 0 Å². The number of rotatable bonds is 2. The lowest BCUT2D eigenvalue weighted by atomic mass is 9.96. The molecule has 0 saturated carbocycles. The molecule has 4 nitrogen and oxygen atoms in total. The number of hydrogen-bond donors (Lipinski definition) is 0. The van der Waals surface area contributed by atoms with E-state index in [0.29, 0.717) is 18.5 Å². The molecule has 0 bridgehead atoms. The molecule has 2 unspecified atom stereocenters. The number of cyclic esters (lactones) is 1. The molecule has 0 radical (unpaired) electrons. The number of carbonyl (C=O) groups is 2. The number of benzene rings is 2. The summed E-state index contributed by atoms with van der Waals surface area (Å²) in [5.41, 5.74) is 5.05. The minimum Gasteiger partial charge on any atom is -0.448 e. The Balaban J connectivity index is 1.59. The van der Waals surface area contributed by atoms with E-state index in [2.05, 4.69) is 32.0 Å². The SMILES string of the molecule is Cc1cc(C)cc(C2CCCN2C(=O)C2Cc3ccccc3C(=O)O2)c1. The third kappa shape index (κ3) is 3.00. The van der Waals surface area contributed by atoms with Crippen LogP contribution in [0.25, 0.3) is 0 Å². The van der Waals surface area contributed by atoms with E-state index in [4.69, 9.17) is 4.74 Å². The lowest BCUT2D eigenvalue weighted by molar-refractivity contribution is -0.142. The number of nitrogens with zero attached hydrogens (tertiary/aromatic N) is 1. The molecule has 26 heavy (non-hydrogen) atoms. The molecule has 2 aromatic carbocycles. The lowest BCUT2D eigenvalue weighted by Crippen LogP contribution is -2.44. The smallest absolute Gasteiger partial charge is 0.339 e. The maximum absolute atomic E-state index is 13.2. The van der Waals surface area contributed by atoms with Gasteiger partial charge in [-0.15, -0.1) is 0 Å². The van der Waals surface area contributed by atoms with Crippen LogP contribution in [0.15, 0.2) is 42.5 Å². The fourth-order valence-electron chi connectivity index (χ4n) is 4.23. The van der Waals surface area contributed by atoms with Gasteiger partial charge < -0.3 is 9.64 Å². The van der Waals surface area contributed by atoms with Crippen molar-refractivity contribution in [2.75, 3.05) is 6.54 Å². The zero-order chi connectivity index (χ0) is 18.3. The maximum atomic E-state index is 13.2. The van der Waals surface area contributed by atoms with E-state index in [1.807, 2.05) is 23.1 Å². The van der Waals surface area contributed by atoms with Gasteiger partial charge in [0, 0.05) is 13.0 Å². The van der Waals surface area contributed by atoms with Gasteiger partial charge in [-0.1, -0.05) is 47.5 Å². The zero-order valence-electron chi connectivity index (χ0n) is 15.2. The molecule has 0 aromatic heterocycles. The van der Waals surface area contributed by atoms with Crippen molar-refractivity contribution in [3.63, 3.8) is 0 Å². The van der Waals surface area contributed by atoms with Gasteiger partial charge >= 0.3 is 5.97 Å². The average molecular weight is 349 g/mol. The van der Waals surface area contributed by atoms with Gasteiger partial charge in [0.1, 0.15) is 0 Å². The predicted octanol–water partition coefficient (Wildman–Crippen LogP) is 3.75. The average Bonchev–Trinajstić information content (AvgIpc) is 3.10. The summed E-state index contributed by atoms with van der Waals surface area (Å²) in [4.78, 5) is 27.3. The first kappa shape index (κ1) is 16.8. The third-order valence-corrected chi connectivity index (χ3v) is 5.33. The Kier molecular flexibility index (Phi) is 4.27. The highest BCUT2D eigenvalue weighted by atomic mass is 16.5. The van der Waals surface area contributed by atoms with Crippen molar-refractivity contribution in [3.8, 4) is 0 Å². The standard InChI is InChI=1S/C22H23NO3/c1-14-10-15(2)12-17(11-14)19-8-5-9-23(19)21(24)20-13-16-6-3-4-7-18(16)22(25)26-20/h3-4,6-7,10-12,19-20H,5,8-9,13H2,1-2H3. The summed E-state index contributed by atoms with van der Waals surface area (Å²) in [7, 11) is 0. The molecule has 2 aliphatic rings. The Morgan fingerprint density at radius 1 is 1.12 bits per heavy atom. The van der Waals surface area contributed by atoms with Gasteiger partial charge in [-0.25, -0.2) is 4.79 Å². The molecule has 1 amide bonds. The molecule has 1 fully saturated rings. The molecule has 1 saturated heterocycles. The highest BCUT2D eigenvalue weighted by molar-refractivity contribution is 5.96. The quantitative estimate of drug-likeness (QED) is 0.776. The molecule has 2 atom stereocenters. The number of aryl methyl sites for hydroxylation is 2. The number of likely N-dealkylation sites (tertiary alicyclic amines) is 1. The minimum absolute atomic E-state index is 0.0666. The first-order chi connectivity index (χ1) is 12.5. The van der Waals surface area contributed by atoms with Crippen molar-refractivity contribution in [2.45, 2.75) is 45.3 Å². The second kappa shape index (κ2) is 6.60. The Labute approximate surface area is 153 Å². The van der Waals surface area contributed by atoms with Gasteiger partial charge in [-0.3, -0.25) is 4.79 Å². The lowest BCUT2D eigenvalue weighted by Gasteiger charge is -2.31. The highest BCUT2D eigenvalue weighted by Crippen LogP contribution is 2.34. The summed E-state index contributed by atoms with van der Waals surface area (Å²) in [5, 5.41) is 0. The number of amides is 1. The van der Waals surface area contributed by atoms with E-state index in [1.165, 1.54) is 16.7 Å². The van der Waals surface area contributed by atoms with Crippen LogP contribution < -0.4 is 0 Å². The van der Waals surface area contributed by atoms with Crippen LogP contribution in [-0.4, -0.2) is 29.4 Å². The topological polar surface area (TPSA) is 46.6 Å². The summed E-state index contributed by atoms with van der Waals surface area (Å²) < 4.78 is 5.49. The Hall–Kier alpha value is -2.62. The van der Waals surface area contributed by atoms with Gasteiger partial charge in [0.25, 0.3) is 5.91 Å². The number of esters is 1. The largest absolute Gasteiger partial charge is 0.448 e. The molecule has 2 aliphatic heterocycles. The van der Waals surface area contributed by atoms with E-state index in [1.54, 1.807) is 6.07 Å². The van der Waals surface area contributed by atoms with E-state index in [9.17, 15) is 9.59 Å². The number of carbonyl (C=O) groups excluding carboxylic acids is 2. The van der Waals surface area contributed by atoms with Crippen molar-refractivity contribution in [1.29, 1.82) is 0 Å². The fourth-order valence-corrected chi connectivity index (χ4v) is 4.23. The number of fused-ring (bicyclic) bond motifs is 1. The van der Waals surface area contributed by atoms with E-state index in [0.717, 1.165) is 18.4 Å². The Morgan fingerprint density at radius 3 is 2.62 bits per heavy atom. The van der Waals surface area contributed by atoms with Crippen LogP contribution in [0.5, 0.6) is 0 Å². The Bertz CT molecular complexity index is 853. The number of ether oxygens (including phenoxy) is 1. The molecule has 0 N–H and O–H groups in total. The summed E-state index contributed by atoms with van der Waals surface area (Å²) in [6, 6.07) is 13.9. The fraction of sp³-hybridized carbons (Fsp3) is 0.364. The van der Waals surface area contributed by atoms with Crippen LogP contribution in [0.4, 0.5) is 0 Å². The molecular formula is C22H23NO3. The summed E-state index contributed by atoms with van der Waals surface area (Å²) in [6.07, 6.45) is 1.66. The summed E-state index contributed by atoms with van der Waals surface area (Å²) in [5.74, 6) is -0.471. The summed E-state index contributed by atoms with van der Waals surface area (Å²) >= 11 is 0. The Morgan fingerprint density at radius 2 is 1.85 bits per heavy atom. The first-order valence-electron chi connectivity index (χ1n) is 9.20. The molecule has 2 heterocycles. The molecular weight excluding hydrogens is 326 g/mol. The van der Waals surface area contributed by atoms with Gasteiger partial charge in [-0.05, 0) is 43.9 Å². The van der Waals surface area contributed by atoms with Gasteiger partial charge in [0.15, 0.2) is 6.10 Å².